The van der Waals surface area contributed by atoms with Gasteiger partial charge in [0.25, 0.3) is 0 Å². The molecule has 2 rings (SSSR count). The van der Waals surface area contributed by atoms with E-state index < -0.39 is 5.97 Å². The molecule has 1 aromatic carbocycles. The zero-order chi connectivity index (χ0) is 11.5. The Balaban J connectivity index is 2.47. The normalized spacial score (nSPS) is 10.0. The molecule has 2 aromatic rings. The van der Waals surface area contributed by atoms with Gasteiger partial charge >= 0.3 is 5.97 Å². The lowest BCUT2D eigenvalue weighted by Gasteiger charge is -2.02. The lowest BCUT2D eigenvalue weighted by Crippen LogP contribution is -2.06. The van der Waals surface area contributed by atoms with Gasteiger partial charge in [0, 0.05) is 4.47 Å². The van der Waals surface area contributed by atoms with Crippen LogP contribution in [-0.4, -0.2) is 22.5 Å². The molecular weight excluding hydrogens is 272 g/mol. The molecule has 0 aliphatic heterocycles. The molecule has 0 aliphatic rings. The van der Waals surface area contributed by atoms with Crippen LogP contribution in [0.1, 0.15) is 10.4 Å². The van der Waals surface area contributed by atoms with Crippen LogP contribution in [0, 0.1) is 12.3 Å². The van der Waals surface area contributed by atoms with Crippen molar-refractivity contribution in [1.82, 2.24) is 9.97 Å². The van der Waals surface area contributed by atoms with Crippen LogP contribution in [-0.2, 0) is 4.74 Å². The molecule has 0 radical (unpaired) electrons. The number of nitrogens with one attached hydrogen (secondary N) is 1. The van der Waals surface area contributed by atoms with Crippen LogP contribution in [0.5, 0.6) is 0 Å². The van der Waals surface area contributed by atoms with Gasteiger partial charge in [-0.1, -0.05) is 21.9 Å². The summed E-state index contributed by atoms with van der Waals surface area (Å²) in [7, 11) is 0. The fourth-order valence-electron chi connectivity index (χ4n) is 1.36. The Hall–Kier alpha value is -1.80. The van der Waals surface area contributed by atoms with Crippen LogP contribution in [0.25, 0.3) is 11.0 Å². The molecule has 4 nitrogen and oxygen atoms in total. The van der Waals surface area contributed by atoms with Gasteiger partial charge in [-0.05, 0) is 12.1 Å². The summed E-state index contributed by atoms with van der Waals surface area (Å²) >= 11 is 3.31. The first-order valence-corrected chi connectivity index (χ1v) is 5.25. The van der Waals surface area contributed by atoms with Crippen molar-refractivity contribution in [3.63, 3.8) is 0 Å². The van der Waals surface area contributed by atoms with E-state index in [4.69, 9.17) is 11.2 Å². The van der Waals surface area contributed by atoms with Crippen molar-refractivity contribution < 1.29 is 9.53 Å². The molecule has 0 saturated carbocycles. The topological polar surface area (TPSA) is 55.0 Å². The molecule has 80 valence electrons. The highest BCUT2D eigenvalue weighted by molar-refractivity contribution is 9.10. The van der Waals surface area contributed by atoms with Crippen molar-refractivity contribution in [1.29, 1.82) is 0 Å². The molecule has 0 amide bonds. The summed E-state index contributed by atoms with van der Waals surface area (Å²) in [5.74, 6) is 1.77. The number of aromatic nitrogens is 2. The molecule has 1 N–H and O–H groups in total. The molecule has 1 heterocycles. The van der Waals surface area contributed by atoms with E-state index in [0.29, 0.717) is 11.1 Å². The maximum Gasteiger partial charge on any atom is 0.341 e. The quantitative estimate of drug-likeness (QED) is 0.676. The number of hydrogen-bond donors (Lipinski definition) is 1. The summed E-state index contributed by atoms with van der Waals surface area (Å²) in [4.78, 5) is 18.7. The van der Waals surface area contributed by atoms with E-state index in [9.17, 15) is 4.79 Å². The lowest BCUT2D eigenvalue weighted by atomic mass is 10.2. The summed E-state index contributed by atoms with van der Waals surface area (Å²) in [6.07, 6.45) is 6.54. The Bertz CT molecular complexity index is 583. The Kier molecular flexibility index (Phi) is 2.93. The van der Waals surface area contributed by atoms with Crippen molar-refractivity contribution >= 4 is 32.9 Å². The molecular formula is C11H7BrN2O2. The third-order valence-electron chi connectivity index (χ3n) is 1.99. The van der Waals surface area contributed by atoms with Crippen molar-refractivity contribution in [3.8, 4) is 12.3 Å². The first kappa shape index (κ1) is 10.7. The number of imidazole rings is 1. The van der Waals surface area contributed by atoms with Gasteiger partial charge in [-0.2, -0.15) is 0 Å². The van der Waals surface area contributed by atoms with Crippen LogP contribution in [0.3, 0.4) is 0 Å². The second kappa shape index (κ2) is 4.37. The van der Waals surface area contributed by atoms with Crippen molar-refractivity contribution in [2.75, 3.05) is 6.61 Å². The Morgan fingerprint density at radius 1 is 1.62 bits per heavy atom. The van der Waals surface area contributed by atoms with Crippen LogP contribution in [0.15, 0.2) is 22.9 Å². The zero-order valence-electron chi connectivity index (χ0n) is 8.16. The van der Waals surface area contributed by atoms with Gasteiger partial charge in [-0.3, -0.25) is 0 Å². The first-order valence-electron chi connectivity index (χ1n) is 4.45. The number of benzene rings is 1. The van der Waals surface area contributed by atoms with Crippen LogP contribution in [0.4, 0.5) is 0 Å². The van der Waals surface area contributed by atoms with E-state index in [1.54, 1.807) is 6.07 Å². The minimum Gasteiger partial charge on any atom is -0.449 e. The van der Waals surface area contributed by atoms with Crippen molar-refractivity contribution in [2.24, 2.45) is 0 Å². The Labute approximate surface area is 100 Å². The van der Waals surface area contributed by atoms with E-state index in [1.165, 1.54) is 6.33 Å². The first-order chi connectivity index (χ1) is 7.72. The van der Waals surface area contributed by atoms with Gasteiger partial charge < -0.3 is 9.72 Å². The predicted molar refractivity (Wildman–Crippen MR) is 62.9 cm³/mol. The largest absolute Gasteiger partial charge is 0.449 e. The summed E-state index contributed by atoms with van der Waals surface area (Å²) < 4.78 is 5.63. The van der Waals surface area contributed by atoms with Gasteiger partial charge in [0.05, 0.1) is 17.4 Å². The minimum atomic E-state index is -0.476. The average molecular weight is 279 g/mol. The number of ether oxygens (including phenoxy) is 1. The van der Waals surface area contributed by atoms with E-state index >= 15 is 0 Å². The number of rotatable bonds is 2. The predicted octanol–water partition coefficient (Wildman–Crippen LogP) is 2.12. The average Bonchev–Trinajstić information content (AvgIpc) is 2.72. The second-order valence-corrected chi connectivity index (χ2v) is 3.95. The van der Waals surface area contributed by atoms with Crippen LogP contribution in [0.2, 0.25) is 0 Å². The second-order valence-electron chi connectivity index (χ2n) is 3.03. The number of H-pyrrole nitrogens is 1. The number of carbonyl (C=O) groups excluding carboxylic acids is 1. The number of carbonyl (C=O) groups is 1. The number of terminal acetylenes is 1. The molecule has 0 bridgehead atoms. The lowest BCUT2D eigenvalue weighted by molar-refractivity contribution is 0.0559. The number of hydrogen-bond acceptors (Lipinski definition) is 3. The molecule has 0 atom stereocenters. The van der Waals surface area contributed by atoms with E-state index in [0.717, 1.165) is 9.99 Å². The maximum atomic E-state index is 11.7. The van der Waals surface area contributed by atoms with E-state index in [1.807, 2.05) is 6.07 Å². The number of fused-ring (bicyclic) bond motifs is 1. The van der Waals surface area contributed by atoms with E-state index in [-0.39, 0.29) is 6.61 Å². The molecule has 16 heavy (non-hydrogen) atoms. The number of aromatic amines is 1. The fraction of sp³-hybridized carbons (Fsp3) is 0.0909. The molecule has 0 fully saturated rings. The monoisotopic (exact) mass is 278 g/mol. The van der Waals surface area contributed by atoms with Gasteiger partial charge in [-0.15, -0.1) is 6.42 Å². The summed E-state index contributed by atoms with van der Waals surface area (Å²) in [6.45, 7) is -0.0444. The minimum absolute atomic E-state index is 0.0444. The summed E-state index contributed by atoms with van der Waals surface area (Å²) in [5.41, 5.74) is 1.73. The summed E-state index contributed by atoms with van der Waals surface area (Å²) in [6, 6.07) is 3.49. The Morgan fingerprint density at radius 3 is 3.19 bits per heavy atom. The molecule has 1 aromatic heterocycles. The third kappa shape index (κ3) is 1.92. The number of nitrogens with zero attached hydrogens (tertiary/aromatic N) is 1. The van der Waals surface area contributed by atoms with Gasteiger partial charge in [-0.25, -0.2) is 9.78 Å². The van der Waals surface area contributed by atoms with E-state index in [2.05, 4.69) is 31.8 Å². The zero-order valence-corrected chi connectivity index (χ0v) is 9.74. The molecule has 0 saturated heterocycles. The van der Waals surface area contributed by atoms with Crippen molar-refractivity contribution in [2.45, 2.75) is 0 Å². The highest BCUT2D eigenvalue weighted by atomic mass is 79.9. The molecule has 5 heteroatoms. The Morgan fingerprint density at radius 2 is 2.44 bits per heavy atom. The summed E-state index contributed by atoms with van der Waals surface area (Å²) in [5, 5.41) is 0. The molecule has 0 unspecified atom stereocenters. The smallest absolute Gasteiger partial charge is 0.341 e. The van der Waals surface area contributed by atoms with Crippen molar-refractivity contribution in [3.05, 3.63) is 28.5 Å². The fourth-order valence-corrected chi connectivity index (χ4v) is 1.81. The van der Waals surface area contributed by atoms with Gasteiger partial charge in [0.2, 0.25) is 0 Å². The number of esters is 1. The van der Waals surface area contributed by atoms with Crippen LogP contribution < -0.4 is 0 Å². The highest BCUT2D eigenvalue weighted by Gasteiger charge is 2.14. The maximum absolute atomic E-state index is 11.7. The van der Waals surface area contributed by atoms with Gasteiger partial charge in [0.1, 0.15) is 5.52 Å². The highest BCUT2D eigenvalue weighted by Crippen LogP contribution is 2.22. The van der Waals surface area contributed by atoms with Crippen LogP contribution >= 0.6 is 15.9 Å². The number of halogens is 1. The molecule has 0 spiro atoms. The molecule has 0 aliphatic carbocycles. The third-order valence-corrected chi connectivity index (χ3v) is 2.45. The standard InChI is InChI=1S/C11H7BrN2O2/c1-2-3-16-11(15)8-4-7(12)5-9-10(8)14-6-13-9/h1,4-6H,3H2,(H,13,14). The SMILES string of the molecule is C#CCOC(=O)c1cc(Br)cc2[nH]cnc12. The van der Waals surface area contributed by atoms with Gasteiger partial charge in [0.15, 0.2) is 6.61 Å².